The largest absolute Gasteiger partial charge is 0.494 e. The first kappa shape index (κ1) is 12.2. The molecule has 0 atom stereocenters. The van der Waals surface area contributed by atoms with Crippen LogP contribution in [0.2, 0.25) is 5.15 Å². The highest BCUT2D eigenvalue weighted by Gasteiger charge is 2.01. The summed E-state index contributed by atoms with van der Waals surface area (Å²) < 4.78 is 5.68. The Kier molecular flexibility index (Phi) is 4.21. The lowest BCUT2D eigenvalue weighted by atomic mass is 10.2. The minimum Gasteiger partial charge on any atom is -0.494 e. The molecule has 90 valence electrons. The van der Waals surface area contributed by atoms with Crippen LogP contribution in [0.4, 0.5) is 0 Å². The molecule has 1 aromatic heterocycles. The Hall–Kier alpha value is -1.28. The van der Waals surface area contributed by atoms with Crippen molar-refractivity contribution in [2.24, 2.45) is 0 Å². The predicted octanol–water partition coefficient (Wildman–Crippen LogP) is 4.46. The molecule has 2 rings (SSSR count). The van der Waals surface area contributed by atoms with E-state index >= 15 is 0 Å². The van der Waals surface area contributed by atoms with Gasteiger partial charge in [-0.2, -0.15) is 0 Å². The lowest BCUT2D eigenvalue weighted by molar-refractivity contribution is 0.306. The molecule has 0 radical (unpaired) electrons. The third kappa shape index (κ3) is 3.10. The molecule has 0 spiro atoms. The van der Waals surface area contributed by atoms with Gasteiger partial charge in [-0.25, -0.2) is 4.98 Å². The van der Waals surface area contributed by atoms with Gasteiger partial charge in [-0.3, -0.25) is 0 Å². The van der Waals surface area contributed by atoms with Gasteiger partial charge in [0.05, 0.1) is 6.61 Å². The topological polar surface area (TPSA) is 22.1 Å². The highest BCUT2D eigenvalue weighted by atomic mass is 35.5. The Morgan fingerprint density at radius 1 is 1.24 bits per heavy atom. The summed E-state index contributed by atoms with van der Waals surface area (Å²) in [4.78, 5) is 4.07. The SMILES string of the molecule is CCCCCOc1ccc2ccnc(Cl)c2c1. The maximum Gasteiger partial charge on any atom is 0.136 e. The first-order chi connectivity index (χ1) is 8.31. The van der Waals surface area contributed by atoms with Crippen molar-refractivity contribution in [3.05, 3.63) is 35.6 Å². The second-order valence-corrected chi connectivity index (χ2v) is 4.40. The third-order valence-electron chi connectivity index (χ3n) is 2.71. The molecular formula is C14H16ClNO. The zero-order valence-corrected chi connectivity index (χ0v) is 10.7. The molecule has 0 fully saturated rings. The number of benzene rings is 1. The summed E-state index contributed by atoms with van der Waals surface area (Å²) in [6.07, 6.45) is 5.22. The standard InChI is InChI=1S/C14H16ClNO/c1-2-3-4-9-17-12-6-5-11-7-8-16-14(15)13(11)10-12/h5-8,10H,2-4,9H2,1H3. The van der Waals surface area contributed by atoms with E-state index in [1.807, 2.05) is 24.3 Å². The number of hydrogen-bond donors (Lipinski definition) is 0. The number of ether oxygens (including phenoxy) is 1. The van der Waals surface area contributed by atoms with E-state index in [0.717, 1.165) is 29.5 Å². The van der Waals surface area contributed by atoms with E-state index in [-0.39, 0.29) is 0 Å². The molecule has 0 unspecified atom stereocenters. The van der Waals surface area contributed by atoms with Gasteiger partial charge in [0.1, 0.15) is 10.9 Å². The van der Waals surface area contributed by atoms with Gasteiger partial charge in [0.15, 0.2) is 0 Å². The lowest BCUT2D eigenvalue weighted by Gasteiger charge is -2.07. The zero-order chi connectivity index (χ0) is 12.1. The molecule has 1 heterocycles. The van der Waals surface area contributed by atoms with Crippen LogP contribution in [-0.4, -0.2) is 11.6 Å². The zero-order valence-electron chi connectivity index (χ0n) is 9.95. The van der Waals surface area contributed by atoms with E-state index < -0.39 is 0 Å². The normalized spacial score (nSPS) is 10.7. The van der Waals surface area contributed by atoms with Crippen LogP contribution in [0.25, 0.3) is 10.8 Å². The summed E-state index contributed by atoms with van der Waals surface area (Å²) in [5, 5.41) is 2.56. The van der Waals surface area contributed by atoms with Crippen molar-refractivity contribution in [1.82, 2.24) is 4.98 Å². The number of halogens is 1. The van der Waals surface area contributed by atoms with Crippen LogP contribution in [0.5, 0.6) is 5.75 Å². The van der Waals surface area contributed by atoms with Gasteiger partial charge in [-0.05, 0) is 30.0 Å². The smallest absolute Gasteiger partial charge is 0.136 e. The molecule has 2 aromatic rings. The summed E-state index contributed by atoms with van der Waals surface area (Å²) in [6, 6.07) is 7.89. The summed E-state index contributed by atoms with van der Waals surface area (Å²) in [5.74, 6) is 0.864. The Morgan fingerprint density at radius 3 is 2.94 bits per heavy atom. The van der Waals surface area contributed by atoms with E-state index in [1.54, 1.807) is 6.20 Å². The van der Waals surface area contributed by atoms with Crippen LogP contribution >= 0.6 is 11.6 Å². The molecule has 0 amide bonds. The quantitative estimate of drug-likeness (QED) is 0.577. The van der Waals surface area contributed by atoms with E-state index in [2.05, 4.69) is 11.9 Å². The highest BCUT2D eigenvalue weighted by Crippen LogP contribution is 2.25. The first-order valence-corrected chi connectivity index (χ1v) is 6.36. The van der Waals surface area contributed by atoms with Crippen LogP contribution in [0.15, 0.2) is 30.5 Å². The minimum atomic E-state index is 0.529. The number of aromatic nitrogens is 1. The van der Waals surface area contributed by atoms with E-state index in [0.29, 0.717) is 5.15 Å². The minimum absolute atomic E-state index is 0.529. The van der Waals surface area contributed by atoms with Crippen LogP contribution < -0.4 is 4.74 Å². The fourth-order valence-corrected chi connectivity index (χ4v) is 1.96. The molecular weight excluding hydrogens is 234 g/mol. The number of rotatable bonds is 5. The molecule has 17 heavy (non-hydrogen) atoms. The van der Waals surface area contributed by atoms with Gasteiger partial charge in [-0.1, -0.05) is 37.4 Å². The number of unbranched alkanes of at least 4 members (excludes halogenated alkanes) is 2. The Bertz CT molecular complexity index is 499. The van der Waals surface area contributed by atoms with Crippen molar-refractivity contribution in [1.29, 1.82) is 0 Å². The van der Waals surface area contributed by atoms with Crippen molar-refractivity contribution in [2.45, 2.75) is 26.2 Å². The van der Waals surface area contributed by atoms with Crippen LogP contribution in [-0.2, 0) is 0 Å². The molecule has 2 nitrogen and oxygen atoms in total. The van der Waals surface area contributed by atoms with Crippen LogP contribution in [0.3, 0.4) is 0 Å². The monoisotopic (exact) mass is 249 g/mol. The van der Waals surface area contributed by atoms with E-state index in [4.69, 9.17) is 16.3 Å². The molecule has 0 saturated heterocycles. The maximum absolute atomic E-state index is 6.05. The van der Waals surface area contributed by atoms with Gasteiger partial charge in [0.25, 0.3) is 0 Å². The number of fused-ring (bicyclic) bond motifs is 1. The van der Waals surface area contributed by atoms with Crippen molar-refractivity contribution in [3.8, 4) is 5.75 Å². The number of hydrogen-bond acceptors (Lipinski definition) is 2. The molecule has 0 bridgehead atoms. The van der Waals surface area contributed by atoms with Gasteiger partial charge < -0.3 is 4.74 Å². The Morgan fingerprint density at radius 2 is 2.12 bits per heavy atom. The fourth-order valence-electron chi connectivity index (χ4n) is 1.74. The second-order valence-electron chi connectivity index (χ2n) is 4.04. The lowest BCUT2D eigenvalue weighted by Crippen LogP contribution is -1.96. The van der Waals surface area contributed by atoms with E-state index in [9.17, 15) is 0 Å². The average Bonchev–Trinajstić information content (AvgIpc) is 2.36. The summed E-state index contributed by atoms with van der Waals surface area (Å²) in [6.45, 7) is 2.94. The Labute approximate surface area is 107 Å². The van der Waals surface area contributed by atoms with Crippen molar-refractivity contribution in [3.63, 3.8) is 0 Å². The summed E-state index contributed by atoms with van der Waals surface area (Å²) in [5.41, 5.74) is 0. The van der Waals surface area contributed by atoms with Crippen molar-refractivity contribution in [2.75, 3.05) is 6.61 Å². The molecule has 0 N–H and O–H groups in total. The van der Waals surface area contributed by atoms with E-state index in [1.165, 1.54) is 12.8 Å². The van der Waals surface area contributed by atoms with Gasteiger partial charge in [-0.15, -0.1) is 0 Å². The third-order valence-corrected chi connectivity index (χ3v) is 3.01. The number of pyridine rings is 1. The predicted molar refractivity (Wildman–Crippen MR) is 71.8 cm³/mol. The van der Waals surface area contributed by atoms with Crippen LogP contribution in [0, 0.1) is 0 Å². The first-order valence-electron chi connectivity index (χ1n) is 5.98. The Balaban J connectivity index is 2.11. The average molecular weight is 250 g/mol. The molecule has 0 aliphatic carbocycles. The van der Waals surface area contributed by atoms with Crippen molar-refractivity contribution < 1.29 is 4.74 Å². The van der Waals surface area contributed by atoms with Crippen molar-refractivity contribution >= 4 is 22.4 Å². The second kappa shape index (κ2) is 5.87. The summed E-state index contributed by atoms with van der Waals surface area (Å²) >= 11 is 6.05. The number of nitrogens with zero attached hydrogens (tertiary/aromatic N) is 1. The molecule has 1 aromatic carbocycles. The van der Waals surface area contributed by atoms with Gasteiger partial charge in [0, 0.05) is 11.6 Å². The van der Waals surface area contributed by atoms with Gasteiger partial charge >= 0.3 is 0 Å². The van der Waals surface area contributed by atoms with Gasteiger partial charge in [0.2, 0.25) is 0 Å². The molecule has 0 aliphatic rings. The molecule has 0 aliphatic heterocycles. The fraction of sp³-hybridized carbons (Fsp3) is 0.357. The molecule has 3 heteroatoms. The molecule has 0 saturated carbocycles. The highest BCUT2D eigenvalue weighted by molar-refractivity contribution is 6.34. The van der Waals surface area contributed by atoms with Crippen LogP contribution in [0.1, 0.15) is 26.2 Å². The summed E-state index contributed by atoms with van der Waals surface area (Å²) in [7, 11) is 0. The maximum atomic E-state index is 6.05.